The summed E-state index contributed by atoms with van der Waals surface area (Å²) >= 11 is 0. The SMILES string of the molecule is CCCCC(=O)OC(=O)c1cccc(OC)c1OC. The Bertz CT molecular complexity index is 453. The third kappa shape index (κ3) is 3.98. The van der Waals surface area contributed by atoms with Gasteiger partial charge in [-0.25, -0.2) is 4.79 Å². The van der Waals surface area contributed by atoms with Crippen molar-refractivity contribution in [2.45, 2.75) is 26.2 Å². The Hall–Kier alpha value is -2.04. The van der Waals surface area contributed by atoms with Crippen molar-refractivity contribution in [2.24, 2.45) is 0 Å². The Morgan fingerprint density at radius 1 is 1.16 bits per heavy atom. The van der Waals surface area contributed by atoms with Crippen LogP contribution in [0.25, 0.3) is 0 Å². The molecule has 0 saturated carbocycles. The summed E-state index contributed by atoms with van der Waals surface area (Å²) in [5, 5.41) is 0. The predicted molar refractivity (Wildman–Crippen MR) is 69.5 cm³/mol. The fraction of sp³-hybridized carbons (Fsp3) is 0.429. The zero-order valence-electron chi connectivity index (χ0n) is 11.4. The van der Waals surface area contributed by atoms with E-state index in [2.05, 4.69) is 0 Å². The number of esters is 2. The number of unbranched alkanes of at least 4 members (excludes halogenated alkanes) is 1. The number of methoxy groups -OCH3 is 2. The number of para-hydroxylation sites is 1. The van der Waals surface area contributed by atoms with Crippen molar-refractivity contribution in [3.05, 3.63) is 23.8 Å². The summed E-state index contributed by atoms with van der Waals surface area (Å²) in [5.74, 6) is -0.579. The molecule has 19 heavy (non-hydrogen) atoms. The van der Waals surface area contributed by atoms with Gasteiger partial charge in [0.2, 0.25) is 0 Å². The molecule has 0 heterocycles. The molecule has 0 bridgehead atoms. The van der Waals surface area contributed by atoms with E-state index >= 15 is 0 Å². The minimum Gasteiger partial charge on any atom is -0.493 e. The molecule has 0 spiro atoms. The molecule has 0 N–H and O–H groups in total. The smallest absolute Gasteiger partial charge is 0.349 e. The van der Waals surface area contributed by atoms with Gasteiger partial charge in [0.1, 0.15) is 5.56 Å². The van der Waals surface area contributed by atoms with Crippen molar-refractivity contribution in [1.29, 1.82) is 0 Å². The molecule has 104 valence electrons. The van der Waals surface area contributed by atoms with Crippen molar-refractivity contribution in [3.63, 3.8) is 0 Å². The summed E-state index contributed by atoms with van der Waals surface area (Å²) in [6, 6.07) is 4.82. The summed E-state index contributed by atoms with van der Waals surface area (Å²) in [7, 11) is 2.90. The molecule has 1 aromatic carbocycles. The van der Waals surface area contributed by atoms with Gasteiger partial charge in [-0.15, -0.1) is 0 Å². The second kappa shape index (κ2) is 7.41. The first-order chi connectivity index (χ1) is 9.13. The highest BCUT2D eigenvalue weighted by Crippen LogP contribution is 2.31. The van der Waals surface area contributed by atoms with Gasteiger partial charge in [-0.3, -0.25) is 4.79 Å². The van der Waals surface area contributed by atoms with E-state index in [1.807, 2.05) is 6.92 Å². The number of rotatable bonds is 6. The molecule has 0 atom stereocenters. The van der Waals surface area contributed by atoms with Crippen LogP contribution in [0.3, 0.4) is 0 Å². The predicted octanol–water partition coefficient (Wildman–Crippen LogP) is 2.58. The molecule has 5 nitrogen and oxygen atoms in total. The molecule has 1 aromatic rings. The molecule has 0 radical (unpaired) electrons. The van der Waals surface area contributed by atoms with Crippen LogP contribution in [-0.4, -0.2) is 26.2 Å². The minimum absolute atomic E-state index is 0.173. The van der Waals surface area contributed by atoms with Gasteiger partial charge in [-0.05, 0) is 18.6 Å². The summed E-state index contributed by atoms with van der Waals surface area (Å²) in [5.41, 5.74) is 0.173. The first-order valence-electron chi connectivity index (χ1n) is 6.10. The molecule has 0 amide bonds. The van der Waals surface area contributed by atoms with Crippen LogP contribution >= 0.6 is 0 Å². The van der Waals surface area contributed by atoms with E-state index < -0.39 is 11.9 Å². The van der Waals surface area contributed by atoms with Crippen LogP contribution in [0.4, 0.5) is 0 Å². The van der Waals surface area contributed by atoms with Gasteiger partial charge in [0, 0.05) is 6.42 Å². The summed E-state index contributed by atoms with van der Waals surface area (Å²) in [6.07, 6.45) is 1.79. The van der Waals surface area contributed by atoms with E-state index in [1.165, 1.54) is 20.3 Å². The molecule has 5 heteroatoms. The Morgan fingerprint density at radius 2 is 1.89 bits per heavy atom. The molecule has 0 fully saturated rings. The van der Waals surface area contributed by atoms with E-state index in [0.29, 0.717) is 12.2 Å². The van der Waals surface area contributed by atoms with Gasteiger partial charge in [-0.1, -0.05) is 19.4 Å². The molecular formula is C14H18O5. The standard InChI is InChI=1S/C14H18O5/c1-4-5-9-12(15)19-14(16)10-7-6-8-11(17-2)13(10)18-3/h6-8H,4-5,9H2,1-3H3. The van der Waals surface area contributed by atoms with Crippen LogP contribution in [0.5, 0.6) is 11.5 Å². The van der Waals surface area contributed by atoms with E-state index in [-0.39, 0.29) is 17.7 Å². The van der Waals surface area contributed by atoms with Crippen LogP contribution in [0.2, 0.25) is 0 Å². The van der Waals surface area contributed by atoms with Gasteiger partial charge in [0.25, 0.3) is 0 Å². The van der Waals surface area contributed by atoms with Gasteiger partial charge < -0.3 is 14.2 Å². The Kier molecular flexibility index (Phi) is 5.85. The Morgan fingerprint density at radius 3 is 2.47 bits per heavy atom. The number of hydrogen-bond donors (Lipinski definition) is 0. The van der Waals surface area contributed by atoms with Crippen molar-refractivity contribution < 1.29 is 23.8 Å². The van der Waals surface area contributed by atoms with Gasteiger partial charge in [-0.2, -0.15) is 0 Å². The van der Waals surface area contributed by atoms with Crippen LogP contribution in [-0.2, 0) is 9.53 Å². The fourth-order valence-electron chi connectivity index (χ4n) is 1.58. The molecule has 0 saturated heterocycles. The molecule has 0 aromatic heterocycles. The van der Waals surface area contributed by atoms with Crippen LogP contribution < -0.4 is 9.47 Å². The minimum atomic E-state index is -0.725. The van der Waals surface area contributed by atoms with E-state index in [4.69, 9.17) is 14.2 Å². The zero-order chi connectivity index (χ0) is 14.3. The van der Waals surface area contributed by atoms with E-state index in [0.717, 1.165) is 6.42 Å². The number of benzene rings is 1. The number of carbonyl (C=O) groups is 2. The van der Waals surface area contributed by atoms with Crippen molar-refractivity contribution in [1.82, 2.24) is 0 Å². The van der Waals surface area contributed by atoms with Gasteiger partial charge in [0.15, 0.2) is 11.5 Å². The van der Waals surface area contributed by atoms with Gasteiger partial charge in [0.05, 0.1) is 14.2 Å². The normalized spacial score (nSPS) is 9.84. The zero-order valence-corrected chi connectivity index (χ0v) is 11.4. The molecule has 1 rings (SSSR count). The largest absolute Gasteiger partial charge is 0.493 e. The first-order valence-corrected chi connectivity index (χ1v) is 6.10. The Labute approximate surface area is 112 Å². The summed E-state index contributed by atoms with van der Waals surface area (Å²) in [4.78, 5) is 23.3. The van der Waals surface area contributed by atoms with E-state index in [9.17, 15) is 9.59 Å². The second-order valence-corrected chi connectivity index (χ2v) is 3.91. The third-order valence-electron chi connectivity index (χ3n) is 2.56. The highest BCUT2D eigenvalue weighted by Gasteiger charge is 2.20. The quantitative estimate of drug-likeness (QED) is 0.585. The maximum Gasteiger partial charge on any atom is 0.349 e. The monoisotopic (exact) mass is 266 g/mol. The fourth-order valence-corrected chi connectivity index (χ4v) is 1.58. The van der Waals surface area contributed by atoms with E-state index in [1.54, 1.807) is 12.1 Å². The number of ether oxygens (including phenoxy) is 3. The first kappa shape index (κ1) is 15.0. The maximum atomic E-state index is 11.9. The summed E-state index contributed by atoms with van der Waals surface area (Å²) in [6.45, 7) is 1.96. The average molecular weight is 266 g/mol. The highest BCUT2D eigenvalue weighted by atomic mass is 16.6. The lowest BCUT2D eigenvalue weighted by molar-refractivity contribution is -0.138. The lowest BCUT2D eigenvalue weighted by atomic mass is 10.2. The highest BCUT2D eigenvalue weighted by molar-refractivity contribution is 5.99. The van der Waals surface area contributed by atoms with Crippen molar-refractivity contribution in [2.75, 3.05) is 14.2 Å². The molecule has 0 aliphatic heterocycles. The molecule has 0 aliphatic carbocycles. The lowest BCUT2D eigenvalue weighted by Gasteiger charge is -2.11. The van der Waals surface area contributed by atoms with Crippen molar-refractivity contribution >= 4 is 11.9 Å². The number of carbonyl (C=O) groups excluding carboxylic acids is 2. The Balaban J connectivity index is 2.85. The maximum absolute atomic E-state index is 11.9. The topological polar surface area (TPSA) is 61.8 Å². The molecule has 0 unspecified atom stereocenters. The summed E-state index contributed by atoms with van der Waals surface area (Å²) < 4.78 is 15.0. The van der Waals surface area contributed by atoms with Gasteiger partial charge >= 0.3 is 11.9 Å². The second-order valence-electron chi connectivity index (χ2n) is 3.91. The van der Waals surface area contributed by atoms with Crippen molar-refractivity contribution in [3.8, 4) is 11.5 Å². The van der Waals surface area contributed by atoms with Crippen LogP contribution in [0, 0.1) is 0 Å². The average Bonchev–Trinajstić information content (AvgIpc) is 2.43. The third-order valence-corrected chi connectivity index (χ3v) is 2.56. The number of hydrogen-bond acceptors (Lipinski definition) is 5. The lowest BCUT2D eigenvalue weighted by Crippen LogP contribution is -2.13. The van der Waals surface area contributed by atoms with Crippen LogP contribution in [0.15, 0.2) is 18.2 Å². The molecule has 0 aliphatic rings. The van der Waals surface area contributed by atoms with Crippen LogP contribution in [0.1, 0.15) is 36.5 Å². The molecular weight excluding hydrogens is 248 g/mol.